The Balaban J connectivity index is 2.14. The number of hydrogen-bond donors (Lipinski definition) is 1. The van der Waals surface area contributed by atoms with Crippen LogP contribution in [0.25, 0.3) is 0 Å². The van der Waals surface area contributed by atoms with Crippen LogP contribution in [0.4, 0.5) is 10.1 Å². The van der Waals surface area contributed by atoms with E-state index < -0.39 is 0 Å². The SMILES string of the molecule is Cc1nc(N2CCCCC2)sc1N. The molecule has 13 heavy (non-hydrogen) atoms. The van der Waals surface area contributed by atoms with Crippen LogP contribution in [-0.4, -0.2) is 18.1 Å². The lowest BCUT2D eigenvalue weighted by Gasteiger charge is -2.25. The Morgan fingerprint density at radius 3 is 2.54 bits per heavy atom. The summed E-state index contributed by atoms with van der Waals surface area (Å²) in [6, 6.07) is 0. The van der Waals surface area contributed by atoms with Crippen LogP contribution in [0.15, 0.2) is 0 Å². The van der Waals surface area contributed by atoms with E-state index in [0.29, 0.717) is 0 Å². The largest absolute Gasteiger partial charge is 0.389 e. The molecule has 0 bridgehead atoms. The molecule has 1 aromatic heterocycles. The molecule has 72 valence electrons. The van der Waals surface area contributed by atoms with Gasteiger partial charge in [-0.25, -0.2) is 4.98 Å². The first-order valence-corrected chi connectivity index (χ1v) is 5.57. The van der Waals surface area contributed by atoms with Gasteiger partial charge in [-0.15, -0.1) is 0 Å². The number of nitrogens with zero attached hydrogens (tertiary/aromatic N) is 2. The maximum atomic E-state index is 5.78. The van der Waals surface area contributed by atoms with E-state index in [4.69, 9.17) is 5.73 Å². The highest BCUT2D eigenvalue weighted by Gasteiger charge is 2.14. The lowest BCUT2D eigenvalue weighted by atomic mass is 10.1. The number of nitrogen functional groups attached to an aromatic ring is 1. The number of anilines is 2. The molecule has 0 radical (unpaired) electrons. The number of piperidine rings is 1. The van der Waals surface area contributed by atoms with Crippen LogP contribution in [-0.2, 0) is 0 Å². The summed E-state index contributed by atoms with van der Waals surface area (Å²) in [6.07, 6.45) is 3.94. The monoisotopic (exact) mass is 197 g/mol. The molecule has 2 N–H and O–H groups in total. The zero-order valence-corrected chi connectivity index (χ0v) is 8.73. The molecular formula is C9H15N3S. The average molecular weight is 197 g/mol. The van der Waals surface area contributed by atoms with Crippen molar-refractivity contribution < 1.29 is 0 Å². The fourth-order valence-corrected chi connectivity index (χ4v) is 2.50. The van der Waals surface area contributed by atoms with Crippen molar-refractivity contribution in [3.05, 3.63) is 5.69 Å². The second-order valence-corrected chi connectivity index (χ2v) is 4.50. The van der Waals surface area contributed by atoms with Gasteiger partial charge in [0.1, 0.15) is 5.00 Å². The maximum absolute atomic E-state index is 5.78. The standard InChI is InChI=1S/C9H15N3S/c1-7-8(10)13-9(11-7)12-5-3-2-4-6-12/h2-6,10H2,1H3. The van der Waals surface area contributed by atoms with Gasteiger partial charge in [0, 0.05) is 13.1 Å². The summed E-state index contributed by atoms with van der Waals surface area (Å²) in [4.78, 5) is 6.80. The van der Waals surface area contributed by atoms with Crippen molar-refractivity contribution >= 4 is 21.5 Å². The summed E-state index contributed by atoms with van der Waals surface area (Å²) >= 11 is 1.61. The van der Waals surface area contributed by atoms with E-state index in [2.05, 4.69) is 9.88 Å². The summed E-state index contributed by atoms with van der Waals surface area (Å²) in [6.45, 7) is 4.26. The van der Waals surface area contributed by atoms with Crippen LogP contribution < -0.4 is 10.6 Å². The van der Waals surface area contributed by atoms with E-state index in [1.54, 1.807) is 11.3 Å². The molecule has 0 unspecified atom stereocenters. The number of rotatable bonds is 1. The van der Waals surface area contributed by atoms with Crippen molar-refractivity contribution in [2.75, 3.05) is 23.7 Å². The molecule has 0 aliphatic carbocycles. The molecule has 0 aromatic carbocycles. The molecule has 1 aromatic rings. The minimum Gasteiger partial charge on any atom is -0.389 e. The molecule has 1 aliphatic rings. The number of nitrogens with two attached hydrogens (primary N) is 1. The Bertz CT molecular complexity index is 270. The van der Waals surface area contributed by atoms with Gasteiger partial charge in [0.15, 0.2) is 5.13 Å². The Labute approximate surface area is 82.6 Å². The lowest BCUT2D eigenvalue weighted by Crippen LogP contribution is -2.29. The first-order valence-electron chi connectivity index (χ1n) is 4.75. The number of thiazole rings is 1. The predicted molar refractivity (Wildman–Crippen MR) is 57.3 cm³/mol. The van der Waals surface area contributed by atoms with Gasteiger partial charge in [-0.3, -0.25) is 0 Å². The molecule has 1 fully saturated rings. The molecule has 2 heterocycles. The topological polar surface area (TPSA) is 42.2 Å². The van der Waals surface area contributed by atoms with E-state index in [0.717, 1.165) is 28.9 Å². The van der Waals surface area contributed by atoms with Crippen LogP contribution in [0, 0.1) is 6.92 Å². The predicted octanol–water partition coefficient (Wildman–Crippen LogP) is 2.02. The minimum atomic E-state index is 0.862. The van der Waals surface area contributed by atoms with Crippen molar-refractivity contribution in [2.24, 2.45) is 0 Å². The van der Waals surface area contributed by atoms with E-state index >= 15 is 0 Å². The van der Waals surface area contributed by atoms with Crippen LogP contribution in [0.3, 0.4) is 0 Å². The van der Waals surface area contributed by atoms with Crippen molar-refractivity contribution in [3.8, 4) is 0 Å². The Kier molecular flexibility index (Phi) is 2.40. The smallest absolute Gasteiger partial charge is 0.187 e. The third kappa shape index (κ3) is 1.77. The zero-order chi connectivity index (χ0) is 9.26. The normalized spacial score (nSPS) is 17.8. The van der Waals surface area contributed by atoms with E-state index in [1.807, 2.05) is 6.92 Å². The van der Waals surface area contributed by atoms with Gasteiger partial charge in [0.05, 0.1) is 5.69 Å². The molecule has 0 saturated carbocycles. The van der Waals surface area contributed by atoms with Crippen LogP contribution in [0.5, 0.6) is 0 Å². The van der Waals surface area contributed by atoms with Crippen LogP contribution >= 0.6 is 11.3 Å². The second kappa shape index (κ2) is 3.54. The first kappa shape index (κ1) is 8.81. The molecule has 1 aliphatic heterocycles. The van der Waals surface area contributed by atoms with Crippen molar-refractivity contribution in [2.45, 2.75) is 26.2 Å². The Hall–Kier alpha value is -0.770. The van der Waals surface area contributed by atoms with Gasteiger partial charge >= 0.3 is 0 Å². The van der Waals surface area contributed by atoms with E-state index in [9.17, 15) is 0 Å². The van der Waals surface area contributed by atoms with Crippen molar-refractivity contribution in [1.29, 1.82) is 0 Å². The van der Waals surface area contributed by atoms with Gasteiger partial charge in [-0.05, 0) is 26.2 Å². The lowest BCUT2D eigenvalue weighted by molar-refractivity contribution is 0.576. The third-order valence-electron chi connectivity index (χ3n) is 2.45. The third-order valence-corrected chi connectivity index (χ3v) is 3.50. The summed E-state index contributed by atoms with van der Waals surface area (Å²) < 4.78 is 0. The second-order valence-electron chi connectivity index (χ2n) is 3.49. The number of hydrogen-bond acceptors (Lipinski definition) is 4. The van der Waals surface area contributed by atoms with Crippen LogP contribution in [0.1, 0.15) is 25.0 Å². The number of aromatic nitrogens is 1. The molecule has 0 spiro atoms. The van der Waals surface area contributed by atoms with Gasteiger partial charge in [-0.1, -0.05) is 11.3 Å². The Morgan fingerprint density at radius 1 is 1.31 bits per heavy atom. The quantitative estimate of drug-likeness (QED) is 0.749. The van der Waals surface area contributed by atoms with Gasteiger partial charge in [-0.2, -0.15) is 0 Å². The highest BCUT2D eigenvalue weighted by molar-refractivity contribution is 7.19. The van der Waals surface area contributed by atoms with E-state index in [-0.39, 0.29) is 0 Å². The zero-order valence-electron chi connectivity index (χ0n) is 7.92. The van der Waals surface area contributed by atoms with Gasteiger partial charge in [0.2, 0.25) is 0 Å². The minimum absolute atomic E-state index is 0.862. The molecular weight excluding hydrogens is 182 g/mol. The molecule has 3 nitrogen and oxygen atoms in total. The summed E-state index contributed by atoms with van der Waals surface area (Å²) in [7, 11) is 0. The fourth-order valence-electron chi connectivity index (χ4n) is 1.61. The first-order chi connectivity index (χ1) is 6.27. The van der Waals surface area contributed by atoms with Crippen molar-refractivity contribution in [3.63, 3.8) is 0 Å². The highest BCUT2D eigenvalue weighted by atomic mass is 32.1. The molecule has 1 saturated heterocycles. The summed E-state index contributed by atoms with van der Waals surface area (Å²) in [5.74, 6) is 0. The van der Waals surface area contributed by atoms with Crippen molar-refractivity contribution in [1.82, 2.24) is 4.98 Å². The fraction of sp³-hybridized carbons (Fsp3) is 0.667. The molecule has 2 rings (SSSR count). The van der Waals surface area contributed by atoms with Gasteiger partial charge in [0.25, 0.3) is 0 Å². The molecule has 0 atom stereocenters. The maximum Gasteiger partial charge on any atom is 0.187 e. The summed E-state index contributed by atoms with van der Waals surface area (Å²) in [5, 5.41) is 1.97. The molecule has 0 amide bonds. The highest BCUT2D eigenvalue weighted by Crippen LogP contribution is 2.29. The molecule has 4 heteroatoms. The van der Waals surface area contributed by atoms with Gasteiger partial charge < -0.3 is 10.6 Å². The summed E-state index contributed by atoms with van der Waals surface area (Å²) in [5.41, 5.74) is 6.75. The van der Waals surface area contributed by atoms with Crippen LogP contribution in [0.2, 0.25) is 0 Å². The Morgan fingerprint density at radius 2 is 2.00 bits per heavy atom. The average Bonchev–Trinajstić information content (AvgIpc) is 2.49. The number of aryl methyl sites for hydroxylation is 1. The van der Waals surface area contributed by atoms with E-state index in [1.165, 1.54) is 19.3 Å².